The quantitative estimate of drug-likeness (QED) is 0.499. The standard InChI is InChI=1S/C19H14N4O2S2/c1-13-11-16(14-7-6-10-20-12-14)21-18-17(19(26-2)22-23(13)18)27(24,25)15-8-4-3-5-9-15/h4,6-12H,1-2H3. The molecule has 0 fully saturated rings. The van der Waals surface area contributed by atoms with Crippen LogP contribution in [0.2, 0.25) is 0 Å². The molecule has 0 radical (unpaired) electrons. The molecule has 0 atom stereocenters. The number of rotatable bonds is 4. The van der Waals surface area contributed by atoms with Crippen molar-refractivity contribution < 1.29 is 8.42 Å². The Morgan fingerprint density at radius 1 is 1.26 bits per heavy atom. The Labute approximate surface area is 160 Å². The van der Waals surface area contributed by atoms with E-state index in [2.05, 4.69) is 26.5 Å². The molecule has 0 saturated carbocycles. The summed E-state index contributed by atoms with van der Waals surface area (Å²) in [5.74, 6) is 0. The highest BCUT2D eigenvalue weighted by molar-refractivity contribution is 8.00. The zero-order valence-electron chi connectivity index (χ0n) is 14.5. The van der Waals surface area contributed by atoms with Crippen LogP contribution in [0.3, 0.4) is 0 Å². The molecule has 3 aromatic rings. The van der Waals surface area contributed by atoms with E-state index in [0.29, 0.717) is 16.4 Å². The lowest BCUT2D eigenvalue weighted by molar-refractivity contribution is 0.601. The van der Waals surface area contributed by atoms with Crippen LogP contribution in [0.25, 0.3) is 16.9 Å². The average molecular weight is 394 g/mol. The Kier molecular flexibility index (Phi) is 4.34. The van der Waals surface area contributed by atoms with Gasteiger partial charge in [0, 0.05) is 29.7 Å². The Hall–Kier alpha value is -2.89. The van der Waals surface area contributed by atoms with Crippen LogP contribution in [-0.4, -0.2) is 34.3 Å². The maximum Gasteiger partial charge on any atom is 0.213 e. The summed E-state index contributed by atoms with van der Waals surface area (Å²) in [5.41, 5.74) is 7.94. The van der Waals surface area contributed by atoms with E-state index in [1.165, 1.54) is 30.0 Å². The predicted octanol–water partition coefficient (Wildman–Crippen LogP) is 3.36. The van der Waals surface area contributed by atoms with Crippen molar-refractivity contribution in [3.8, 4) is 11.3 Å². The molecule has 27 heavy (non-hydrogen) atoms. The van der Waals surface area contributed by atoms with Gasteiger partial charge >= 0.3 is 0 Å². The largest absolute Gasteiger partial charge is 0.264 e. The summed E-state index contributed by atoms with van der Waals surface area (Å²) in [5, 5.41) is 4.87. The maximum atomic E-state index is 13.3. The lowest BCUT2D eigenvalue weighted by Crippen LogP contribution is -2.06. The lowest BCUT2D eigenvalue weighted by Gasteiger charge is -2.07. The van der Waals surface area contributed by atoms with Crippen LogP contribution < -0.4 is 0 Å². The number of allylic oxidation sites excluding steroid dienone is 3. The van der Waals surface area contributed by atoms with Crippen molar-refractivity contribution in [1.29, 1.82) is 0 Å². The van der Waals surface area contributed by atoms with Crippen LogP contribution in [0.15, 0.2) is 75.1 Å². The number of aromatic nitrogens is 4. The van der Waals surface area contributed by atoms with Gasteiger partial charge in [0.25, 0.3) is 0 Å². The van der Waals surface area contributed by atoms with Gasteiger partial charge in [-0.3, -0.25) is 4.98 Å². The van der Waals surface area contributed by atoms with Crippen molar-refractivity contribution in [2.24, 2.45) is 0 Å². The topological polar surface area (TPSA) is 77.2 Å². The number of hydrogen-bond donors (Lipinski definition) is 0. The van der Waals surface area contributed by atoms with Gasteiger partial charge in [0.1, 0.15) is 5.03 Å². The number of hydrogen-bond acceptors (Lipinski definition) is 6. The summed E-state index contributed by atoms with van der Waals surface area (Å²) in [6.07, 6.45) is 9.59. The first-order valence-corrected chi connectivity index (χ1v) is 10.7. The third-order valence-electron chi connectivity index (χ3n) is 4.05. The number of aryl methyl sites for hydroxylation is 1. The van der Waals surface area contributed by atoms with Crippen LogP contribution >= 0.6 is 11.8 Å². The normalized spacial score (nSPS) is 13.3. The third-order valence-corrected chi connectivity index (χ3v) is 6.64. The van der Waals surface area contributed by atoms with E-state index < -0.39 is 9.84 Å². The molecule has 0 saturated heterocycles. The van der Waals surface area contributed by atoms with Crippen LogP contribution in [0.5, 0.6) is 0 Å². The molecule has 3 aromatic heterocycles. The molecule has 0 bridgehead atoms. The van der Waals surface area contributed by atoms with Crippen molar-refractivity contribution in [1.82, 2.24) is 19.6 Å². The van der Waals surface area contributed by atoms with Gasteiger partial charge in [-0.25, -0.2) is 17.9 Å². The van der Waals surface area contributed by atoms with Crippen molar-refractivity contribution in [2.75, 3.05) is 6.26 Å². The number of nitrogens with zero attached hydrogens (tertiary/aromatic N) is 4. The zero-order chi connectivity index (χ0) is 19.0. The molecule has 134 valence electrons. The molecule has 0 amide bonds. The molecular weight excluding hydrogens is 380 g/mol. The second kappa shape index (κ2) is 6.68. The van der Waals surface area contributed by atoms with Gasteiger partial charge in [-0.15, -0.1) is 11.8 Å². The highest BCUT2D eigenvalue weighted by atomic mass is 32.2. The van der Waals surface area contributed by atoms with Gasteiger partial charge in [-0.2, -0.15) is 5.10 Å². The number of sulfone groups is 1. The number of fused-ring (bicyclic) bond motifs is 1. The van der Waals surface area contributed by atoms with Gasteiger partial charge in [0.05, 0.1) is 10.6 Å². The molecule has 6 nitrogen and oxygen atoms in total. The summed E-state index contributed by atoms with van der Waals surface area (Å²) < 4.78 is 28.2. The van der Waals surface area contributed by atoms with Gasteiger partial charge < -0.3 is 0 Å². The highest BCUT2D eigenvalue weighted by Crippen LogP contribution is 2.34. The van der Waals surface area contributed by atoms with E-state index in [1.807, 2.05) is 25.1 Å². The molecule has 1 aliphatic rings. The van der Waals surface area contributed by atoms with E-state index in [0.717, 1.165) is 11.3 Å². The minimum atomic E-state index is -3.81. The third kappa shape index (κ3) is 2.95. The van der Waals surface area contributed by atoms with Gasteiger partial charge in [-0.05, 0) is 43.5 Å². The second-order valence-corrected chi connectivity index (χ2v) is 8.45. The molecule has 0 spiro atoms. The molecule has 3 heterocycles. The van der Waals surface area contributed by atoms with E-state index >= 15 is 0 Å². The zero-order valence-corrected chi connectivity index (χ0v) is 16.2. The van der Waals surface area contributed by atoms with Crippen molar-refractivity contribution in [2.45, 2.75) is 16.8 Å². The smallest absolute Gasteiger partial charge is 0.213 e. The minimum absolute atomic E-state index is 0.100. The molecule has 1 aliphatic carbocycles. The van der Waals surface area contributed by atoms with Crippen molar-refractivity contribution in [3.63, 3.8) is 0 Å². The highest BCUT2D eigenvalue weighted by Gasteiger charge is 2.30. The molecule has 8 heteroatoms. The number of pyridine rings is 1. The summed E-state index contributed by atoms with van der Waals surface area (Å²) in [6.45, 7) is 1.87. The second-order valence-electron chi connectivity index (χ2n) is 5.77. The Bertz CT molecular complexity index is 1290. The molecule has 0 N–H and O–H groups in total. The summed E-state index contributed by atoms with van der Waals surface area (Å²) >= 11 is 1.27. The van der Waals surface area contributed by atoms with E-state index in [1.54, 1.807) is 23.2 Å². The first kappa shape index (κ1) is 17.5. The number of thioether (sulfide) groups is 1. The van der Waals surface area contributed by atoms with Crippen molar-refractivity contribution >= 4 is 27.2 Å². The molecule has 0 unspecified atom stereocenters. The lowest BCUT2D eigenvalue weighted by atomic mass is 10.2. The van der Waals surface area contributed by atoms with Gasteiger partial charge in [0.15, 0.2) is 10.5 Å². The maximum absolute atomic E-state index is 13.3. The van der Waals surface area contributed by atoms with Crippen molar-refractivity contribution in [3.05, 3.63) is 70.9 Å². The van der Waals surface area contributed by atoms with Crippen LogP contribution in [-0.2, 0) is 9.84 Å². The first-order chi connectivity index (χ1) is 13.0. The van der Waals surface area contributed by atoms with Crippen LogP contribution in [0.1, 0.15) is 5.69 Å². The monoisotopic (exact) mass is 394 g/mol. The molecule has 0 aromatic carbocycles. The predicted molar refractivity (Wildman–Crippen MR) is 104 cm³/mol. The van der Waals surface area contributed by atoms with E-state index in [4.69, 9.17) is 0 Å². The molecular formula is C19H14N4O2S2. The Morgan fingerprint density at radius 2 is 2.11 bits per heavy atom. The SMILES string of the molecule is CSc1nn2c(C)cc(-c3cccnc3)nc2c1S(=O)(=O)C1=CC=C=C=C1. The van der Waals surface area contributed by atoms with Crippen LogP contribution in [0.4, 0.5) is 0 Å². The summed E-state index contributed by atoms with van der Waals surface area (Å²) in [4.78, 5) is 8.97. The first-order valence-electron chi connectivity index (χ1n) is 8.00. The average Bonchev–Trinajstić information content (AvgIpc) is 3.09. The van der Waals surface area contributed by atoms with Gasteiger partial charge in [0.2, 0.25) is 9.84 Å². The summed E-state index contributed by atoms with van der Waals surface area (Å²) in [6, 6.07) is 5.56. The fraction of sp³-hybridized carbons (Fsp3) is 0.105. The van der Waals surface area contributed by atoms with Gasteiger partial charge in [-0.1, -0.05) is 11.5 Å². The fourth-order valence-corrected chi connectivity index (χ4v) is 5.13. The molecule has 4 rings (SSSR count). The Morgan fingerprint density at radius 3 is 2.78 bits per heavy atom. The fourth-order valence-electron chi connectivity index (χ4n) is 2.77. The van der Waals surface area contributed by atoms with Crippen LogP contribution in [0, 0.1) is 6.92 Å². The Balaban J connectivity index is 2.02. The van der Waals surface area contributed by atoms with E-state index in [9.17, 15) is 8.42 Å². The molecule has 0 aliphatic heterocycles. The summed E-state index contributed by atoms with van der Waals surface area (Å²) in [7, 11) is -3.81. The van der Waals surface area contributed by atoms with E-state index in [-0.39, 0.29) is 9.80 Å². The minimum Gasteiger partial charge on any atom is -0.264 e.